The fraction of sp³-hybridized carbons (Fsp3) is 0. The van der Waals surface area contributed by atoms with Crippen molar-refractivity contribution in [2.45, 2.75) is 0 Å². The molecule has 3 nitrogen and oxygen atoms in total. The quantitative estimate of drug-likeness (QED) is 0.188. The van der Waals surface area contributed by atoms with Crippen LogP contribution in [0.1, 0.15) is 0 Å². The SMILES string of the molecule is c1ccc(-n2c3ccccc3c3cc(N(c4ccc5c(ccc6oc7ccccc7c65)c4)c4cccc5sc6ccccc6c45)ccc32)cc1. The minimum Gasteiger partial charge on any atom is -0.456 e. The lowest BCUT2D eigenvalue weighted by atomic mass is 10.0. The van der Waals surface area contributed by atoms with E-state index in [-0.39, 0.29) is 0 Å². The van der Waals surface area contributed by atoms with Gasteiger partial charge in [0.05, 0.1) is 16.7 Å². The Morgan fingerprint density at radius 2 is 1.16 bits per heavy atom. The molecule has 234 valence electrons. The summed E-state index contributed by atoms with van der Waals surface area (Å²) < 4.78 is 11.2. The number of nitrogens with zero attached hydrogens (tertiary/aromatic N) is 2. The van der Waals surface area contributed by atoms with E-state index < -0.39 is 0 Å². The van der Waals surface area contributed by atoms with Crippen LogP contribution in [0.4, 0.5) is 17.1 Å². The number of hydrogen-bond donors (Lipinski definition) is 0. The van der Waals surface area contributed by atoms with Gasteiger partial charge < -0.3 is 13.9 Å². The third kappa shape index (κ3) is 3.97. The first kappa shape index (κ1) is 27.6. The molecule has 0 spiro atoms. The van der Waals surface area contributed by atoms with Crippen molar-refractivity contribution in [1.29, 1.82) is 0 Å². The Morgan fingerprint density at radius 1 is 0.440 bits per heavy atom. The van der Waals surface area contributed by atoms with E-state index in [0.717, 1.165) is 39.0 Å². The molecule has 0 saturated heterocycles. The van der Waals surface area contributed by atoms with Crippen molar-refractivity contribution in [2.24, 2.45) is 0 Å². The van der Waals surface area contributed by atoms with Crippen molar-refractivity contribution >= 4 is 103 Å². The smallest absolute Gasteiger partial charge is 0.136 e. The molecule has 0 aliphatic carbocycles. The molecule has 0 fully saturated rings. The van der Waals surface area contributed by atoms with Crippen LogP contribution in [0.2, 0.25) is 0 Å². The second-order valence-corrected chi connectivity index (χ2v) is 14.0. The molecule has 0 atom stereocenters. The van der Waals surface area contributed by atoms with Crippen LogP contribution < -0.4 is 4.90 Å². The molecule has 11 aromatic rings. The Kier molecular flexibility index (Phi) is 5.83. The zero-order chi connectivity index (χ0) is 32.8. The lowest BCUT2D eigenvalue weighted by Gasteiger charge is -2.27. The van der Waals surface area contributed by atoms with Crippen molar-refractivity contribution in [1.82, 2.24) is 4.57 Å². The summed E-state index contributed by atoms with van der Waals surface area (Å²) in [7, 11) is 0. The zero-order valence-corrected chi connectivity index (χ0v) is 27.7. The van der Waals surface area contributed by atoms with Gasteiger partial charge in [-0.1, -0.05) is 91.0 Å². The van der Waals surface area contributed by atoms with Gasteiger partial charge in [0.15, 0.2) is 0 Å². The standard InChI is InChI=1S/C46H28N2OS/c1-2-11-30(12-3-1)48-38-16-7-4-13-34(38)37-28-32(23-25-39(37)48)47(40-17-10-20-44-46(40)36-15-6-9-19-43(36)50-44)31-22-24-33-29(27-31)21-26-42-45(33)35-14-5-8-18-41(35)49-42/h1-28H. The van der Waals surface area contributed by atoms with Gasteiger partial charge in [0, 0.05) is 58.8 Å². The van der Waals surface area contributed by atoms with Crippen LogP contribution in [0.5, 0.6) is 0 Å². The van der Waals surface area contributed by atoms with Gasteiger partial charge in [0.2, 0.25) is 0 Å². The fourth-order valence-electron chi connectivity index (χ4n) is 8.00. The number of benzene rings is 8. The topological polar surface area (TPSA) is 21.3 Å². The summed E-state index contributed by atoms with van der Waals surface area (Å²) >= 11 is 1.85. The molecule has 8 aromatic carbocycles. The van der Waals surface area contributed by atoms with Gasteiger partial charge in [-0.3, -0.25) is 0 Å². The van der Waals surface area contributed by atoms with Gasteiger partial charge in [0.25, 0.3) is 0 Å². The van der Waals surface area contributed by atoms with Crippen LogP contribution in [-0.2, 0) is 0 Å². The number of anilines is 3. The molecule has 3 heterocycles. The van der Waals surface area contributed by atoms with Crippen LogP contribution in [0.25, 0.3) is 80.4 Å². The van der Waals surface area contributed by atoms with Gasteiger partial charge in [0.1, 0.15) is 11.2 Å². The van der Waals surface area contributed by atoms with E-state index >= 15 is 0 Å². The molecule has 3 aromatic heterocycles. The molecule has 0 unspecified atom stereocenters. The molecule has 0 N–H and O–H groups in total. The Bertz CT molecular complexity index is 3110. The van der Waals surface area contributed by atoms with Crippen LogP contribution in [0, 0.1) is 0 Å². The molecule has 0 bridgehead atoms. The summed E-state index contributed by atoms with van der Waals surface area (Å²) in [6.45, 7) is 0. The number of furan rings is 1. The molecule has 4 heteroatoms. The lowest BCUT2D eigenvalue weighted by molar-refractivity contribution is 0.669. The van der Waals surface area contributed by atoms with Crippen LogP contribution in [0.15, 0.2) is 174 Å². The third-order valence-electron chi connectivity index (χ3n) is 10.1. The number of aromatic nitrogens is 1. The van der Waals surface area contributed by atoms with Crippen LogP contribution in [-0.4, -0.2) is 4.57 Å². The average molecular weight is 657 g/mol. The highest BCUT2D eigenvalue weighted by Crippen LogP contribution is 2.47. The Balaban J connectivity index is 1.20. The van der Waals surface area contributed by atoms with Gasteiger partial charge in [-0.15, -0.1) is 11.3 Å². The van der Waals surface area contributed by atoms with Gasteiger partial charge >= 0.3 is 0 Å². The molecular weight excluding hydrogens is 629 g/mol. The highest BCUT2D eigenvalue weighted by molar-refractivity contribution is 7.26. The molecule has 11 rings (SSSR count). The summed E-state index contributed by atoms with van der Waals surface area (Å²) in [6, 6.07) is 61.4. The Morgan fingerprint density at radius 3 is 2.08 bits per heavy atom. The first-order chi connectivity index (χ1) is 24.8. The average Bonchev–Trinajstić information content (AvgIpc) is 3.85. The molecule has 0 aliphatic rings. The monoisotopic (exact) mass is 656 g/mol. The van der Waals surface area contributed by atoms with E-state index in [0.29, 0.717) is 0 Å². The molecule has 0 saturated carbocycles. The second kappa shape index (κ2) is 10.6. The first-order valence-corrected chi connectivity index (χ1v) is 17.7. The van der Waals surface area contributed by atoms with Crippen molar-refractivity contribution in [3.63, 3.8) is 0 Å². The molecule has 0 amide bonds. The van der Waals surface area contributed by atoms with E-state index in [1.807, 2.05) is 23.5 Å². The summed E-state index contributed by atoms with van der Waals surface area (Å²) in [4.78, 5) is 2.45. The van der Waals surface area contributed by atoms with Crippen molar-refractivity contribution in [3.05, 3.63) is 170 Å². The predicted molar refractivity (Wildman–Crippen MR) is 213 cm³/mol. The number of rotatable bonds is 4. The summed E-state index contributed by atoms with van der Waals surface area (Å²) in [5.74, 6) is 0. The largest absolute Gasteiger partial charge is 0.456 e. The molecule has 0 radical (unpaired) electrons. The van der Waals surface area contributed by atoms with Crippen LogP contribution in [0.3, 0.4) is 0 Å². The van der Waals surface area contributed by atoms with E-state index in [4.69, 9.17) is 4.42 Å². The number of hydrogen-bond acceptors (Lipinski definition) is 3. The number of para-hydroxylation sites is 3. The lowest BCUT2D eigenvalue weighted by Crippen LogP contribution is -2.10. The molecular formula is C46H28N2OS. The maximum Gasteiger partial charge on any atom is 0.136 e. The van der Waals surface area contributed by atoms with E-state index in [1.54, 1.807) is 0 Å². The van der Waals surface area contributed by atoms with Gasteiger partial charge in [-0.25, -0.2) is 0 Å². The number of thiophene rings is 1. The van der Waals surface area contributed by atoms with E-state index in [1.165, 1.54) is 58.4 Å². The van der Waals surface area contributed by atoms with Gasteiger partial charge in [-0.05, 0) is 89.6 Å². The summed E-state index contributed by atoms with van der Waals surface area (Å²) in [5.41, 5.74) is 8.77. The van der Waals surface area contributed by atoms with Crippen molar-refractivity contribution < 1.29 is 4.42 Å². The predicted octanol–water partition coefficient (Wildman–Crippen LogP) is 13.7. The molecule has 0 aliphatic heterocycles. The summed E-state index contributed by atoms with van der Waals surface area (Å²) in [6.07, 6.45) is 0. The van der Waals surface area contributed by atoms with Crippen LogP contribution >= 0.6 is 11.3 Å². The minimum atomic E-state index is 0.915. The highest BCUT2D eigenvalue weighted by atomic mass is 32.1. The third-order valence-corrected chi connectivity index (χ3v) is 11.3. The van der Waals surface area contributed by atoms with Crippen molar-refractivity contribution in [3.8, 4) is 5.69 Å². The maximum absolute atomic E-state index is 6.26. The molecule has 50 heavy (non-hydrogen) atoms. The maximum atomic E-state index is 6.26. The first-order valence-electron chi connectivity index (χ1n) is 16.9. The van der Waals surface area contributed by atoms with E-state index in [2.05, 4.69) is 167 Å². The number of fused-ring (bicyclic) bond motifs is 11. The zero-order valence-electron chi connectivity index (χ0n) is 26.9. The highest BCUT2D eigenvalue weighted by Gasteiger charge is 2.21. The summed E-state index contributed by atoms with van der Waals surface area (Å²) in [5, 5.41) is 9.69. The van der Waals surface area contributed by atoms with Gasteiger partial charge in [-0.2, -0.15) is 0 Å². The second-order valence-electron chi connectivity index (χ2n) is 12.9. The Labute approximate surface area is 291 Å². The van der Waals surface area contributed by atoms with E-state index in [9.17, 15) is 0 Å². The minimum absolute atomic E-state index is 0.915. The normalized spacial score (nSPS) is 12.0. The fourth-order valence-corrected chi connectivity index (χ4v) is 9.13. The Hall–Kier alpha value is -6.36. The van der Waals surface area contributed by atoms with Crippen molar-refractivity contribution in [2.75, 3.05) is 4.90 Å².